The van der Waals surface area contributed by atoms with Gasteiger partial charge in [0.25, 0.3) is 3.79 Å². The van der Waals surface area contributed by atoms with Gasteiger partial charge in [-0.1, -0.05) is 58.5 Å². The van der Waals surface area contributed by atoms with Gasteiger partial charge in [-0.3, -0.25) is 5.41 Å². The fourth-order valence-corrected chi connectivity index (χ4v) is 1.24. The molecule has 1 aromatic carbocycles. The van der Waals surface area contributed by atoms with Crippen LogP contribution in [0.25, 0.3) is 0 Å². The first-order chi connectivity index (χ1) is 6.89. The van der Waals surface area contributed by atoms with Crippen molar-refractivity contribution in [3.8, 4) is 0 Å². The molecule has 6 heteroatoms. The van der Waals surface area contributed by atoms with Gasteiger partial charge in [0.05, 0.1) is 0 Å². The van der Waals surface area contributed by atoms with Crippen LogP contribution >= 0.6 is 46.4 Å². The molecule has 0 aliphatic carbocycles. The summed E-state index contributed by atoms with van der Waals surface area (Å²) in [6.07, 6.45) is 0. The monoisotopic (exact) mass is 285 g/mol. The van der Waals surface area contributed by atoms with Crippen LogP contribution in [0, 0.1) is 5.41 Å². The summed E-state index contributed by atoms with van der Waals surface area (Å²) in [5, 5.41) is 7.89. The Morgan fingerprint density at radius 2 is 2.00 bits per heavy atom. The summed E-state index contributed by atoms with van der Waals surface area (Å²) in [5.74, 6) is -0.410. The minimum atomic E-state index is -1.82. The highest BCUT2D eigenvalue weighted by Gasteiger charge is 2.28. The van der Waals surface area contributed by atoms with Crippen molar-refractivity contribution >= 4 is 52.3 Å². The second-order valence-electron chi connectivity index (χ2n) is 2.75. The number of halogens is 4. The van der Waals surface area contributed by atoms with E-state index in [1.807, 2.05) is 0 Å². The molecule has 0 aliphatic heterocycles. The zero-order valence-corrected chi connectivity index (χ0v) is 10.5. The van der Waals surface area contributed by atoms with Crippen molar-refractivity contribution in [2.45, 2.75) is 10.4 Å². The first kappa shape index (κ1) is 12.9. The first-order valence-electron chi connectivity index (χ1n) is 3.92. The minimum Gasteiger partial charge on any atom is -0.473 e. The second kappa shape index (κ2) is 5.26. The van der Waals surface area contributed by atoms with Crippen molar-refractivity contribution < 1.29 is 4.74 Å². The van der Waals surface area contributed by atoms with Crippen LogP contribution in [0.3, 0.4) is 0 Å². The van der Waals surface area contributed by atoms with Crippen molar-refractivity contribution in [1.82, 2.24) is 0 Å². The lowest BCUT2D eigenvalue weighted by atomic mass is 10.2. The van der Waals surface area contributed by atoms with Gasteiger partial charge in [0.15, 0.2) is 0 Å². The number of alkyl halides is 3. The highest BCUT2D eigenvalue weighted by atomic mass is 35.6. The van der Waals surface area contributed by atoms with Crippen molar-refractivity contribution in [1.29, 1.82) is 5.41 Å². The van der Waals surface area contributed by atoms with Crippen LogP contribution in [-0.2, 0) is 11.3 Å². The Labute approximate surface area is 108 Å². The van der Waals surface area contributed by atoms with Gasteiger partial charge in [0, 0.05) is 5.02 Å². The molecule has 0 heterocycles. The van der Waals surface area contributed by atoms with Crippen LogP contribution in [0.15, 0.2) is 24.3 Å². The quantitative estimate of drug-likeness (QED) is 0.493. The molecular weight excluding hydrogens is 280 g/mol. The zero-order chi connectivity index (χ0) is 11.5. The Balaban J connectivity index is 2.55. The van der Waals surface area contributed by atoms with E-state index in [1.165, 1.54) is 0 Å². The largest absolute Gasteiger partial charge is 0.473 e. The van der Waals surface area contributed by atoms with E-state index in [-0.39, 0.29) is 6.61 Å². The molecule has 0 aliphatic rings. The van der Waals surface area contributed by atoms with Gasteiger partial charge in [0.2, 0.25) is 5.90 Å². The molecule has 0 unspecified atom stereocenters. The lowest BCUT2D eigenvalue weighted by molar-refractivity contribution is 0.284. The fraction of sp³-hybridized carbons (Fsp3) is 0.222. The van der Waals surface area contributed by atoms with Crippen molar-refractivity contribution in [2.24, 2.45) is 0 Å². The molecule has 1 aromatic rings. The van der Waals surface area contributed by atoms with Gasteiger partial charge >= 0.3 is 0 Å². The molecule has 0 saturated heterocycles. The predicted octanol–water partition coefficient (Wildman–Crippen LogP) is 4.20. The minimum absolute atomic E-state index is 0.146. The van der Waals surface area contributed by atoms with E-state index in [4.69, 9.17) is 56.5 Å². The molecule has 0 spiro atoms. The third-order valence-corrected chi connectivity index (χ3v) is 2.28. The molecule has 0 aromatic heterocycles. The van der Waals surface area contributed by atoms with E-state index < -0.39 is 9.69 Å². The van der Waals surface area contributed by atoms with Crippen molar-refractivity contribution in [3.05, 3.63) is 34.9 Å². The number of hydrogen-bond acceptors (Lipinski definition) is 2. The topological polar surface area (TPSA) is 33.1 Å². The molecule has 0 fully saturated rings. The van der Waals surface area contributed by atoms with Gasteiger partial charge in [-0.2, -0.15) is 0 Å². The van der Waals surface area contributed by atoms with Gasteiger partial charge in [0.1, 0.15) is 6.61 Å². The number of nitrogens with one attached hydrogen (secondary N) is 1. The van der Waals surface area contributed by atoms with Crippen LogP contribution in [0.5, 0.6) is 0 Å². The summed E-state index contributed by atoms with van der Waals surface area (Å²) in [6, 6.07) is 7.04. The van der Waals surface area contributed by atoms with E-state index in [0.29, 0.717) is 5.02 Å². The van der Waals surface area contributed by atoms with Crippen LogP contribution in [0.2, 0.25) is 5.02 Å². The van der Waals surface area contributed by atoms with Crippen molar-refractivity contribution in [2.75, 3.05) is 0 Å². The summed E-state index contributed by atoms with van der Waals surface area (Å²) in [6.45, 7) is 0.146. The molecule has 0 radical (unpaired) electrons. The van der Waals surface area contributed by atoms with Crippen LogP contribution in [-0.4, -0.2) is 9.69 Å². The number of rotatable bonds is 2. The highest BCUT2D eigenvalue weighted by Crippen LogP contribution is 2.28. The number of hydrogen-bond donors (Lipinski definition) is 1. The number of benzene rings is 1. The average molecular weight is 287 g/mol. The third kappa shape index (κ3) is 4.47. The molecule has 0 atom stereocenters. The molecule has 1 rings (SSSR count). The van der Waals surface area contributed by atoms with E-state index in [2.05, 4.69) is 0 Å². The van der Waals surface area contributed by atoms with E-state index in [0.717, 1.165) is 5.56 Å². The van der Waals surface area contributed by atoms with Gasteiger partial charge in [-0.25, -0.2) is 0 Å². The molecule has 0 bridgehead atoms. The standard InChI is InChI=1S/C9H7Cl4NO/c10-7-3-1-2-6(4-7)5-15-8(14)9(11,12)13/h1-4,14H,5H2. The maximum absolute atomic E-state index is 7.29. The third-order valence-electron chi connectivity index (χ3n) is 1.53. The van der Waals surface area contributed by atoms with Crippen LogP contribution < -0.4 is 0 Å². The maximum atomic E-state index is 7.29. The first-order valence-corrected chi connectivity index (χ1v) is 5.44. The maximum Gasteiger partial charge on any atom is 0.265 e. The molecule has 1 N–H and O–H groups in total. The number of ether oxygens (including phenoxy) is 1. The summed E-state index contributed by atoms with van der Waals surface area (Å²) in [5.41, 5.74) is 0.807. The predicted molar refractivity (Wildman–Crippen MR) is 64.3 cm³/mol. The molecule has 0 saturated carbocycles. The van der Waals surface area contributed by atoms with Crippen molar-refractivity contribution in [3.63, 3.8) is 0 Å². The van der Waals surface area contributed by atoms with E-state index >= 15 is 0 Å². The molecular formula is C9H7Cl4NO. The second-order valence-corrected chi connectivity index (χ2v) is 5.46. The lowest BCUT2D eigenvalue weighted by Crippen LogP contribution is -2.20. The smallest absolute Gasteiger partial charge is 0.265 e. The molecule has 0 amide bonds. The molecule has 15 heavy (non-hydrogen) atoms. The zero-order valence-electron chi connectivity index (χ0n) is 7.44. The Hall–Kier alpha value is -0.150. The summed E-state index contributed by atoms with van der Waals surface area (Å²) >= 11 is 22.1. The summed E-state index contributed by atoms with van der Waals surface area (Å²) in [4.78, 5) is 0. The lowest BCUT2D eigenvalue weighted by Gasteiger charge is -2.13. The summed E-state index contributed by atoms with van der Waals surface area (Å²) in [7, 11) is 0. The van der Waals surface area contributed by atoms with Gasteiger partial charge in [-0.15, -0.1) is 0 Å². The Bertz CT molecular complexity index is 361. The SMILES string of the molecule is N=C(OCc1cccc(Cl)c1)C(Cl)(Cl)Cl. The highest BCUT2D eigenvalue weighted by molar-refractivity contribution is 6.76. The Morgan fingerprint density at radius 3 is 2.53 bits per heavy atom. The molecule has 82 valence electrons. The van der Waals surface area contributed by atoms with E-state index in [1.54, 1.807) is 24.3 Å². The Morgan fingerprint density at radius 1 is 1.33 bits per heavy atom. The normalized spacial score (nSPS) is 11.2. The van der Waals surface area contributed by atoms with E-state index in [9.17, 15) is 0 Å². The van der Waals surface area contributed by atoms with Crippen LogP contribution in [0.1, 0.15) is 5.56 Å². The van der Waals surface area contributed by atoms with Crippen LogP contribution in [0.4, 0.5) is 0 Å². The average Bonchev–Trinajstić information content (AvgIpc) is 2.12. The summed E-state index contributed by atoms with van der Waals surface area (Å²) < 4.78 is 3.16. The fourth-order valence-electron chi connectivity index (χ4n) is 0.864. The van der Waals surface area contributed by atoms with Gasteiger partial charge < -0.3 is 4.74 Å². The van der Waals surface area contributed by atoms with Gasteiger partial charge in [-0.05, 0) is 17.7 Å². The molecule has 2 nitrogen and oxygen atoms in total. The Kier molecular flexibility index (Phi) is 4.53.